The van der Waals surface area contributed by atoms with Crippen molar-refractivity contribution in [1.82, 2.24) is 10.3 Å². The molecule has 0 unspecified atom stereocenters. The zero-order valence-electron chi connectivity index (χ0n) is 9.65. The second kappa shape index (κ2) is 5.44. The van der Waals surface area contributed by atoms with Crippen LogP contribution in [0.2, 0.25) is 0 Å². The molecule has 88 valence electrons. The summed E-state index contributed by atoms with van der Waals surface area (Å²) in [5.41, 5.74) is 0.758. The number of nitrogens with one attached hydrogen (secondary N) is 1. The van der Waals surface area contributed by atoms with Crippen molar-refractivity contribution >= 4 is 5.91 Å². The number of hydrogen-bond donors (Lipinski definition) is 1. The average Bonchev–Trinajstić information content (AvgIpc) is 2.40. The van der Waals surface area contributed by atoms with Gasteiger partial charge in [-0.2, -0.15) is 5.26 Å². The van der Waals surface area contributed by atoms with Gasteiger partial charge in [-0.05, 0) is 18.9 Å². The zero-order chi connectivity index (χ0) is 12.1. The van der Waals surface area contributed by atoms with Gasteiger partial charge in [-0.1, -0.05) is 19.3 Å². The van der Waals surface area contributed by atoms with Gasteiger partial charge >= 0.3 is 0 Å². The molecule has 1 fully saturated rings. The minimum atomic E-state index is -0.179. The Balaban J connectivity index is 2.06. The Labute approximate surface area is 101 Å². The SMILES string of the molecule is N#Cc1ccncc1C(=O)NC1CCCCC1. The van der Waals surface area contributed by atoms with Crippen LogP contribution in [0.25, 0.3) is 0 Å². The van der Waals surface area contributed by atoms with Crippen LogP contribution >= 0.6 is 0 Å². The Morgan fingerprint density at radius 3 is 2.88 bits per heavy atom. The summed E-state index contributed by atoms with van der Waals surface area (Å²) >= 11 is 0. The largest absolute Gasteiger partial charge is 0.349 e. The summed E-state index contributed by atoms with van der Waals surface area (Å²) in [5, 5.41) is 11.9. The van der Waals surface area contributed by atoms with Gasteiger partial charge in [0.25, 0.3) is 5.91 Å². The molecule has 1 aromatic heterocycles. The lowest BCUT2D eigenvalue weighted by molar-refractivity contribution is 0.0927. The molecule has 0 atom stereocenters. The third-order valence-corrected chi connectivity index (χ3v) is 3.13. The molecule has 4 heteroatoms. The van der Waals surface area contributed by atoms with Gasteiger partial charge < -0.3 is 5.32 Å². The first-order valence-corrected chi connectivity index (χ1v) is 5.96. The summed E-state index contributed by atoms with van der Waals surface area (Å²) in [5.74, 6) is -0.179. The van der Waals surface area contributed by atoms with E-state index in [2.05, 4.69) is 10.3 Å². The lowest BCUT2D eigenvalue weighted by atomic mass is 9.95. The van der Waals surface area contributed by atoms with Gasteiger partial charge in [-0.3, -0.25) is 9.78 Å². The monoisotopic (exact) mass is 229 g/mol. The molecule has 1 heterocycles. The van der Waals surface area contributed by atoms with Crippen molar-refractivity contribution in [3.05, 3.63) is 29.6 Å². The Hall–Kier alpha value is -1.89. The molecule has 1 saturated carbocycles. The normalized spacial score (nSPS) is 16.2. The number of aromatic nitrogens is 1. The molecule has 1 amide bonds. The molecule has 1 N–H and O–H groups in total. The Kier molecular flexibility index (Phi) is 3.71. The van der Waals surface area contributed by atoms with Crippen molar-refractivity contribution in [2.75, 3.05) is 0 Å². The molecular weight excluding hydrogens is 214 g/mol. The standard InChI is InChI=1S/C13H15N3O/c14-8-10-6-7-15-9-12(10)13(17)16-11-4-2-1-3-5-11/h6-7,9,11H,1-5H2,(H,16,17). The van der Waals surface area contributed by atoms with Crippen molar-refractivity contribution in [3.8, 4) is 6.07 Å². The van der Waals surface area contributed by atoms with Gasteiger partial charge in [-0.15, -0.1) is 0 Å². The van der Waals surface area contributed by atoms with Crippen molar-refractivity contribution in [3.63, 3.8) is 0 Å². The Bertz CT molecular complexity index is 444. The highest BCUT2D eigenvalue weighted by atomic mass is 16.1. The van der Waals surface area contributed by atoms with Gasteiger partial charge in [0.2, 0.25) is 0 Å². The van der Waals surface area contributed by atoms with E-state index in [4.69, 9.17) is 5.26 Å². The van der Waals surface area contributed by atoms with E-state index in [0.717, 1.165) is 12.8 Å². The second-order valence-corrected chi connectivity index (χ2v) is 4.34. The van der Waals surface area contributed by atoms with E-state index < -0.39 is 0 Å². The first-order chi connectivity index (χ1) is 8.31. The summed E-state index contributed by atoms with van der Waals surface area (Å²) in [6, 6.07) is 3.83. The fourth-order valence-electron chi connectivity index (χ4n) is 2.18. The van der Waals surface area contributed by atoms with Crippen molar-refractivity contribution in [1.29, 1.82) is 5.26 Å². The minimum Gasteiger partial charge on any atom is -0.349 e. The molecule has 17 heavy (non-hydrogen) atoms. The lowest BCUT2D eigenvalue weighted by Crippen LogP contribution is -2.36. The maximum absolute atomic E-state index is 12.0. The van der Waals surface area contributed by atoms with Gasteiger partial charge in [0, 0.05) is 18.4 Å². The van der Waals surface area contributed by atoms with Crippen molar-refractivity contribution < 1.29 is 4.79 Å². The van der Waals surface area contributed by atoms with Crippen LogP contribution in [0, 0.1) is 11.3 Å². The highest BCUT2D eigenvalue weighted by Crippen LogP contribution is 2.18. The molecule has 2 rings (SSSR count). The number of carbonyl (C=O) groups is 1. The van der Waals surface area contributed by atoms with Crippen LogP contribution in [-0.4, -0.2) is 16.9 Å². The lowest BCUT2D eigenvalue weighted by Gasteiger charge is -2.22. The quantitative estimate of drug-likeness (QED) is 0.843. The van der Waals surface area contributed by atoms with Crippen LogP contribution in [0.5, 0.6) is 0 Å². The summed E-state index contributed by atoms with van der Waals surface area (Å²) in [6.07, 6.45) is 8.64. The molecule has 0 aliphatic heterocycles. The van der Waals surface area contributed by atoms with E-state index in [1.165, 1.54) is 31.7 Å². The van der Waals surface area contributed by atoms with E-state index >= 15 is 0 Å². The summed E-state index contributed by atoms with van der Waals surface area (Å²) in [4.78, 5) is 15.9. The molecule has 1 aliphatic rings. The van der Waals surface area contributed by atoms with Crippen molar-refractivity contribution in [2.45, 2.75) is 38.1 Å². The molecule has 1 aromatic rings. The second-order valence-electron chi connectivity index (χ2n) is 4.34. The molecule has 0 bridgehead atoms. The van der Waals surface area contributed by atoms with E-state index in [9.17, 15) is 4.79 Å². The molecule has 0 aromatic carbocycles. The molecular formula is C13H15N3O. The highest BCUT2D eigenvalue weighted by Gasteiger charge is 2.18. The number of carbonyl (C=O) groups excluding carboxylic acids is 1. The number of pyridine rings is 1. The van der Waals surface area contributed by atoms with E-state index in [1.807, 2.05) is 6.07 Å². The number of amides is 1. The topological polar surface area (TPSA) is 65.8 Å². The Morgan fingerprint density at radius 1 is 1.41 bits per heavy atom. The number of hydrogen-bond acceptors (Lipinski definition) is 3. The summed E-state index contributed by atoms with van der Waals surface area (Å²) < 4.78 is 0. The van der Waals surface area contributed by atoms with E-state index in [-0.39, 0.29) is 11.9 Å². The number of rotatable bonds is 2. The maximum atomic E-state index is 12.0. The van der Waals surface area contributed by atoms with Gasteiger partial charge in [0.15, 0.2) is 0 Å². The van der Waals surface area contributed by atoms with E-state index in [1.54, 1.807) is 6.07 Å². The van der Waals surface area contributed by atoms with Crippen LogP contribution in [-0.2, 0) is 0 Å². The molecule has 0 radical (unpaired) electrons. The van der Waals surface area contributed by atoms with Crippen molar-refractivity contribution in [2.24, 2.45) is 0 Å². The summed E-state index contributed by atoms with van der Waals surface area (Å²) in [6.45, 7) is 0. The number of nitrogens with zero attached hydrogens (tertiary/aromatic N) is 2. The van der Waals surface area contributed by atoms with Crippen LogP contribution in [0.15, 0.2) is 18.5 Å². The van der Waals surface area contributed by atoms with Crippen LogP contribution in [0.3, 0.4) is 0 Å². The third-order valence-electron chi connectivity index (χ3n) is 3.13. The first kappa shape index (κ1) is 11.6. The first-order valence-electron chi connectivity index (χ1n) is 5.96. The predicted molar refractivity (Wildman–Crippen MR) is 63.3 cm³/mol. The smallest absolute Gasteiger partial charge is 0.254 e. The molecule has 1 aliphatic carbocycles. The average molecular weight is 229 g/mol. The molecule has 0 saturated heterocycles. The third kappa shape index (κ3) is 2.82. The fourth-order valence-corrected chi connectivity index (χ4v) is 2.18. The number of nitriles is 1. The van der Waals surface area contributed by atoms with Gasteiger partial charge in [0.1, 0.15) is 6.07 Å². The zero-order valence-corrected chi connectivity index (χ0v) is 9.65. The van der Waals surface area contributed by atoms with E-state index in [0.29, 0.717) is 11.1 Å². The minimum absolute atomic E-state index is 0.179. The van der Waals surface area contributed by atoms with Gasteiger partial charge in [-0.25, -0.2) is 0 Å². The highest BCUT2D eigenvalue weighted by molar-refractivity contribution is 5.96. The van der Waals surface area contributed by atoms with Gasteiger partial charge in [0.05, 0.1) is 11.1 Å². The van der Waals surface area contributed by atoms with Crippen LogP contribution < -0.4 is 5.32 Å². The Morgan fingerprint density at radius 2 is 2.18 bits per heavy atom. The fraction of sp³-hybridized carbons (Fsp3) is 0.462. The summed E-state index contributed by atoms with van der Waals surface area (Å²) in [7, 11) is 0. The molecule has 4 nitrogen and oxygen atoms in total. The maximum Gasteiger partial charge on any atom is 0.254 e. The molecule has 0 spiro atoms. The van der Waals surface area contributed by atoms with Crippen LogP contribution in [0.4, 0.5) is 0 Å². The van der Waals surface area contributed by atoms with Crippen LogP contribution in [0.1, 0.15) is 48.0 Å². The predicted octanol–water partition coefficient (Wildman–Crippen LogP) is 2.02.